The molecule has 1 atom stereocenters. The number of nitrogens with two attached hydrogens (primary N) is 1. The lowest BCUT2D eigenvalue weighted by molar-refractivity contribution is -0.115. The minimum atomic E-state index is -0.154. The minimum absolute atomic E-state index is 0.154. The molecule has 0 heterocycles. The van der Waals surface area contributed by atoms with Crippen LogP contribution in [0.1, 0.15) is 46.0 Å². The van der Waals surface area contributed by atoms with Gasteiger partial charge in [0, 0.05) is 11.5 Å². The van der Waals surface area contributed by atoms with E-state index in [2.05, 4.69) is 5.23 Å². The lowest BCUT2D eigenvalue weighted by atomic mass is 9.80. The van der Waals surface area contributed by atoms with Crippen LogP contribution in [-0.2, 0) is 4.79 Å². The Labute approximate surface area is 102 Å². The second-order valence-corrected chi connectivity index (χ2v) is 5.43. The lowest BCUT2D eigenvalue weighted by Crippen LogP contribution is -2.33. The Morgan fingerprint density at radius 1 is 1.38 bits per heavy atom. The number of rotatable bonds is 9. The first-order valence-corrected chi connectivity index (χ1v) is 6.31. The summed E-state index contributed by atoms with van der Waals surface area (Å²) in [4.78, 5) is 11.5. The molecule has 0 aliphatic carbocycles. The molecule has 0 bridgehead atoms. The molecule has 0 unspecified atom stereocenters. The first-order valence-electron chi connectivity index (χ1n) is 6.31. The SMILES string of the molecule is BNCCCC[C@H](CCC(C)(C)N)C(B)=O. The number of hydrogen-bond donors (Lipinski definition) is 2. The monoisotopic (exact) mass is 224 g/mol. The van der Waals surface area contributed by atoms with E-state index < -0.39 is 0 Å². The molecule has 0 rings (SSSR count). The molecular weight excluding hydrogens is 198 g/mol. The maximum absolute atomic E-state index is 11.5. The van der Waals surface area contributed by atoms with Crippen LogP contribution in [0, 0.1) is 5.92 Å². The summed E-state index contributed by atoms with van der Waals surface area (Å²) in [7, 11) is 3.66. The standard InChI is InChI=1S/C11H26B2N2O/c1-11(2,14)7-6-9(10(12)16)5-3-4-8-15-13/h9,15H,3-8,12-14H2,1-2H3/t9-/m1/s1. The van der Waals surface area contributed by atoms with Crippen molar-refractivity contribution in [3.8, 4) is 0 Å². The van der Waals surface area contributed by atoms with Gasteiger partial charge in [-0.3, -0.25) is 0 Å². The predicted molar refractivity (Wildman–Crippen MR) is 74.9 cm³/mol. The van der Waals surface area contributed by atoms with Gasteiger partial charge in [0.25, 0.3) is 0 Å². The summed E-state index contributed by atoms with van der Waals surface area (Å²) < 4.78 is 0. The highest BCUT2D eigenvalue weighted by Gasteiger charge is 2.18. The number of unbranched alkanes of at least 4 members (excludes halogenated alkanes) is 1. The van der Waals surface area contributed by atoms with Crippen molar-refractivity contribution in [1.82, 2.24) is 5.23 Å². The summed E-state index contributed by atoms with van der Waals surface area (Å²) in [5, 5.41) is 3.12. The largest absolute Gasteiger partial charge is 0.362 e. The van der Waals surface area contributed by atoms with Gasteiger partial charge >= 0.3 is 0 Å². The Bertz CT molecular complexity index is 205. The zero-order valence-electron chi connectivity index (χ0n) is 11.3. The quantitative estimate of drug-likeness (QED) is 0.413. The molecule has 16 heavy (non-hydrogen) atoms. The first kappa shape index (κ1) is 15.7. The summed E-state index contributed by atoms with van der Waals surface area (Å²) >= 11 is 0. The highest BCUT2D eigenvalue weighted by molar-refractivity contribution is 6.58. The van der Waals surface area contributed by atoms with Crippen molar-refractivity contribution in [2.45, 2.75) is 51.5 Å². The fourth-order valence-corrected chi connectivity index (χ4v) is 1.79. The van der Waals surface area contributed by atoms with Gasteiger partial charge in [0.15, 0.2) is 15.8 Å². The number of nitrogens with one attached hydrogen (secondary N) is 1. The molecule has 3 N–H and O–H groups in total. The third-order valence-electron chi connectivity index (χ3n) is 2.94. The highest BCUT2D eigenvalue weighted by atomic mass is 16.1. The van der Waals surface area contributed by atoms with Gasteiger partial charge in [0.05, 0.1) is 5.68 Å². The molecular formula is C11H26B2N2O. The van der Waals surface area contributed by atoms with Crippen molar-refractivity contribution in [2.75, 3.05) is 6.54 Å². The Kier molecular flexibility index (Phi) is 7.77. The van der Waals surface area contributed by atoms with Gasteiger partial charge < -0.3 is 15.8 Å². The van der Waals surface area contributed by atoms with E-state index in [4.69, 9.17) is 5.73 Å². The van der Waals surface area contributed by atoms with Crippen LogP contribution in [0.25, 0.3) is 0 Å². The summed E-state index contributed by atoms with van der Waals surface area (Å²) in [5.74, 6) is 0.208. The van der Waals surface area contributed by atoms with Crippen LogP contribution < -0.4 is 11.0 Å². The van der Waals surface area contributed by atoms with Gasteiger partial charge in [-0.25, -0.2) is 0 Å². The van der Waals surface area contributed by atoms with Crippen molar-refractivity contribution in [2.24, 2.45) is 11.7 Å². The van der Waals surface area contributed by atoms with E-state index in [-0.39, 0.29) is 11.5 Å². The lowest BCUT2D eigenvalue weighted by Gasteiger charge is -2.22. The maximum atomic E-state index is 11.5. The van der Waals surface area contributed by atoms with Crippen LogP contribution in [0.5, 0.6) is 0 Å². The van der Waals surface area contributed by atoms with E-state index in [1.807, 2.05) is 21.8 Å². The molecule has 5 heteroatoms. The first-order chi connectivity index (χ1) is 7.37. The third kappa shape index (κ3) is 8.98. The summed E-state index contributed by atoms with van der Waals surface area (Å²) in [6.45, 7) is 5.07. The Hall–Kier alpha value is -0.280. The van der Waals surface area contributed by atoms with Crippen molar-refractivity contribution in [1.29, 1.82) is 0 Å². The summed E-state index contributed by atoms with van der Waals surface area (Å²) in [6, 6.07) is 0. The molecule has 0 saturated heterocycles. The topological polar surface area (TPSA) is 55.1 Å². The van der Waals surface area contributed by atoms with Gasteiger partial charge in [0.1, 0.15) is 0 Å². The van der Waals surface area contributed by atoms with Gasteiger partial charge in [-0.1, -0.05) is 6.42 Å². The van der Waals surface area contributed by atoms with E-state index in [9.17, 15) is 4.79 Å². The van der Waals surface area contributed by atoms with Crippen LogP contribution in [0.4, 0.5) is 0 Å². The van der Waals surface area contributed by atoms with Gasteiger partial charge in [-0.2, -0.15) is 0 Å². The van der Waals surface area contributed by atoms with Crippen LogP contribution in [0.3, 0.4) is 0 Å². The molecule has 0 radical (unpaired) electrons. The van der Waals surface area contributed by atoms with Gasteiger partial charge in [-0.05, 0) is 46.1 Å². The molecule has 0 aromatic rings. The molecule has 0 aromatic carbocycles. The van der Waals surface area contributed by atoms with E-state index in [0.717, 1.165) is 38.6 Å². The summed E-state index contributed by atoms with van der Waals surface area (Å²) in [6.07, 6.45) is 5.12. The van der Waals surface area contributed by atoms with Gasteiger partial charge in [-0.15, -0.1) is 0 Å². The number of hydrogen-bond acceptors (Lipinski definition) is 3. The molecule has 0 aliphatic rings. The zero-order valence-corrected chi connectivity index (χ0v) is 11.3. The van der Waals surface area contributed by atoms with Crippen molar-refractivity contribution in [3.05, 3.63) is 0 Å². The smallest absolute Gasteiger partial charge is 0.187 e. The van der Waals surface area contributed by atoms with Crippen LogP contribution in [0.2, 0.25) is 0 Å². The molecule has 0 aliphatic heterocycles. The number of carbonyl (C=O) groups is 1. The van der Waals surface area contributed by atoms with E-state index in [1.165, 1.54) is 0 Å². The van der Waals surface area contributed by atoms with Crippen molar-refractivity contribution in [3.63, 3.8) is 0 Å². The molecule has 0 aromatic heterocycles. The van der Waals surface area contributed by atoms with E-state index in [1.54, 1.807) is 7.85 Å². The van der Waals surface area contributed by atoms with Crippen LogP contribution in [0.15, 0.2) is 0 Å². The fraction of sp³-hybridized carbons (Fsp3) is 0.909. The molecule has 0 fully saturated rings. The molecule has 0 spiro atoms. The maximum Gasteiger partial charge on any atom is 0.187 e. The number of carbonyl (C=O) groups excluding carboxylic acids is 1. The zero-order chi connectivity index (χ0) is 12.6. The van der Waals surface area contributed by atoms with Crippen LogP contribution in [-0.4, -0.2) is 33.6 Å². The fourth-order valence-electron chi connectivity index (χ4n) is 1.79. The molecule has 3 nitrogen and oxygen atoms in total. The second-order valence-electron chi connectivity index (χ2n) is 5.43. The Balaban J connectivity index is 3.85. The Morgan fingerprint density at radius 2 is 2.00 bits per heavy atom. The normalized spacial score (nSPS) is 13.7. The molecule has 0 amide bonds. The Morgan fingerprint density at radius 3 is 2.44 bits per heavy atom. The van der Waals surface area contributed by atoms with Crippen LogP contribution >= 0.6 is 0 Å². The van der Waals surface area contributed by atoms with E-state index >= 15 is 0 Å². The van der Waals surface area contributed by atoms with E-state index in [0.29, 0.717) is 5.68 Å². The van der Waals surface area contributed by atoms with Crippen molar-refractivity contribution >= 4 is 21.5 Å². The van der Waals surface area contributed by atoms with Gasteiger partial charge in [0.2, 0.25) is 0 Å². The van der Waals surface area contributed by atoms with Crippen molar-refractivity contribution < 1.29 is 4.79 Å². The third-order valence-corrected chi connectivity index (χ3v) is 2.94. The average molecular weight is 224 g/mol. The molecule has 92 valence electrons. The predicted octanol–water partition coefficient (Wildman–Crippen LogP) is -0.412. The second kappa shape index (κ2) is 7.91. The highest BCUT2D eigenvalue weighted by Crippen LogP contribution is 2.19. The minimum Gasteiger partial charge on any atom is -0.362 e. The molecule has 0 saturated carbocycles. The average Bonchev–Trinajstić information content (AvgIpc) is 2.14. The summed E-state index contributed by atoms with van der Waals surface area (Å²) in [5.41, 5.74) is 6.10.